The number of hydrogen-bond acceptors (Lipinski definition) is 4. The molecule has 1 aromatic heterocycles. The Morgan fingerprint density at radius 3 is 2.50 bits per heavy atom. The lowest BCUT2D eigenvalue weighted by atomic mass is 9.64. The number of likely N-dealkylation sites (tertiary alicyclic amines) is 1. The molecule has 0 unspecified atom stereocenters. The Kier molecular flexibility index (Phi) is 4.25. The molecule has 1 saturated heterocycles. The van der Waals surface area contributed by atoms with Crippen molar-refractivity contribution in [3.05, 3.63) is 23.5 Å². The summed E-state index contributed by atoms with van der Waals surface area (Å²) < 4.78 is 5.39. The monoisotopic (exact) mass is 358 g/mol. The number of hydrogen-bond donors (Lipinski definition) is 1. The van der Waals surface area contributed by atoms with Crippen LogP contribution in [0.4, 0.5) is 0 Å². The number of aryl methyl sites for hydroxylation is 1. The maximum Gasteiger partial charge on any atom is 0.225 e. The Bertz CT molecular complexity index is 691. The van der Waals surface area contributed by atoms with Gasteiger partial charge in [0.2, 0.25) is 5.91 Å². The van der Waals surface area contributed by atoms with Crippen LogP contribution in [0, 0.1) is 18.3 Å². The van der Waals surface area contributed by atoms with Gasteiger partial charge >= 0.3 is 0 Å². The second kappa shape index (κ2) is 6.22. The molecule has 1 spiro atoms. The number of rotatable bonds is 3. The van der Waals surface area contributed by atoms with Gasteiger partial charge in [-0.3, -0.25) is 9.78 Å². The molecule has 5 heteroatoms. The zero-order valence-corrected chi connectivity index (χ0v) is 16.1. The molecular formula is C21H30N2O3. The molecule has 0 aromatic carbocycles. The van der Waals surface area contributed by atoms with E-state index in [9.17, 15) is 9.90 Å². The molecule has 2 saturated carbocycles. The van der Waals surface area contributed by atoms with E-state index in [-0.39, 0.29) is 11.8 Å². The van der Waals surface area contributed by atoms with Gasteiger partial charge in [0.25, 0.3) is 0 Å². The van der Waals surface area contributed by atoms with Gasteiger partial charge in [-0.2, -0.15) is 0 Å². The Hall–Kier alpha value is -1.62. The van der Waals surface area contributed by atoms with Crippen molar-refractivity contribution in [1.29, 1.82) is 0 Å². The fourth-order valence-corrected chi connectivity index (χ4v) is 5.18. The maximum atomic E-state index is 12.5. The third-order valence-electron chi connectivity index (χ3n) is 6.73. The van der Waals surface area contributed by atoms with Gasteiger partial charge in [-0.15, -0.1) is 0 Å². The summed E-state index contributed by atoms with van der Waals surface area (Å²) in [6, 6.07) is 4.05. The van der Waals surface area contributed by atoms with Crippen LogP contribution in [0.2, 0.25) is 0 Å². The van der Waals surface area contributed by atoms with Crippen LogP contribution in [0.3, 0.4) is 0 Å². The first-order valence-electron chi connectivity index (χ1n) is 9.83. The highest BCUT2D eigenvalue weighted by atomic mass is 16.5. The molecule has 1 aromatic rings. The quantitative estimate of drug-likeness (QED) is 0.902. The van der Waals surface area contributed by atoms with Crippen molar-refractivity contribution in [1.82, 2.24) is 9.88 Å². The van der Waals surface area contributed by atoms with E-state index in [4.69, 9.17) is 9.72 Å². The highest BCUT2D eigenvalue weighted by molar-refractivity contribution is 5.81. The lowest BCUT2D eigenvalue weighted by Crippen LogP contribution is -2.62. The standard InChI is InChI=1S/C21H30N2O3/c1-14-8-17(26-3)9-18(22-14)15-4-6-21(7-5-15)12-23(13-21)19(24)16-10-20(2,25)11-16/h8-9,15-16,25H,4-7,10-13H2,1-3H3/t16-,20+. The van der Waals surface area contributed by atoms with E-state index in [1.165, 1.54) is 12.8 Å². The zero-order chi connectivity index (χ0) is 18.5. The minimum atomic E-state index is -0.622. The predicted molar refractivity (Wildman–Crippen MR) is 99.1 cm³/mol. The zero-order valence-electron chi connectivity index (χ0n) is 16.1. The molecule has 142 valence electrons. The molecule has 2 heterocycles. The van der Waals surface area contributed by atoms with Gasteiger partial charge in [0, 0.05) is 53.9 Å². The molecule has 0 radical (unpaired) electrons. The molecule has 2 aliphatic carbocycles. The Balaban J connectivity index is 1.31. The van der Waals surface area contributed by atoms with Crippen LogP contribution in [-0.4, -0.2) is 46.7 Å². The molecule has 5 nitrogen and oxygen atoms in total. The van der Waals surface area contributed by atoms with Crippen LogP contribution in [0.15, 0.2) is 12.1 Å². The van der Waals surface area contributed by atoms with Crippen molar-refractivity contribution >= 4 is 5.91 Å². The fourth-order valence-electron chi connectivity index (χ4n) is 5.18. The topological polar surface area (TPSA) is 62.7 Å². The van der Waals surface area contributed by atoms with E-state index in [1.807, 2.05) is 24.8 Å². The van der Waals surface area contributed by atoms with Crippen molar-refractivity contribution in [3.63, 3.8) is 0 Å². The molecule has 3 fully saturated rings. The van der Waals surface area contributed by atoms with Crippen LogP contribution >= 0.6 is 0 Å². The maximum absolute atomic E-state index is 12.5. The smallest absolute Gasteiger partial charge is 0.225 e. The molecule has 1 amide bonds. The van der Waals surface area contributed by atoms with Crippen LogP contribution in [-0.2, 0) is 4.79 Å². The summed E-state index contributed by atoms with van der Waals surface area (Å²) in [6.45, 7) is 5.65. The Morgan fingerprint density at radius 1 is 1.27 bits per heavy atom. The minimum Gasteiger partial charge on any atom is -0.497 e. The average molecular weight is 358 g/mol. The summed E-state index contributed by atoms with van der Waals surface area (Å²) in [5.74, 6) is 1.70. The molecule has 3 aliphatic rings. The molecule has 4 rings (SSSR count). The Labute approximate surface area is 155 Å². The van der Waals surface area contributed by atoms with E-state index in [0.717, 1.165) is 43.1 Å². The largest absolute Gasteiger partial charge is 0.497 e. The second-order valence-corrected chi connectivity index (χ2v) is 9.14. The molecule has 0 bridgehead atoms. The highest BCUT2D eigenvalue weighted by Crippen LogP contribution is 2.49. The predicted octanol–water partition coefficient (Wildman–Crippen LogP) is 3.05. The number of amides is 1. The van der Waals surface area contributed by atoms with Crippen molar-refractivity contribution in [2.45, 2.75) is 63.9 Å². The van der Waals surface area contributed by atoms with Gasteiger partial charge in [0.1, 0.15) is 5.75 Å². The van der Waals surface area contributed by atoms with E-state index in [0.29, 0.717) is 24.2 Å². The minimum absolute atomic E-state index is 0.0441. The van der Waals surface area contributed by atoms with Crippen molar-refractivity contribution in [2.24, 2.45) is 11.3 Å². The number of carbonyl (C=O) groups excluding carboxylic acids is 1. The number of carbonyl (C=O) groups is 1. The number of pyridine rings is 1. The molecular weight excluding hydrogens is 328 g/mol. The van der Waals surface area contributed by atoms with Gasteiger partial charge in [0.15, 0.2) is 0 Å². The number of methoxy groups -OCH3 is 1. The van der Waals surface area contributed by atoms with Crippen LogP contribution in [0.1, 0.15) is 62.8 Å². The van der Waals surface area contributed by atoms with Gasteiger partial charge < -0.3 is 14.7 Å². The third kappa shape index (κ3) is 3.22. The molecule has 0 atom stereocenters. The SMILES string of the molecule is COc1cc(C)nc(C2CCC3(CC2)CN(C(=O)[C@H]2C[C@@](C)(O)C2)C3)c1. The Morgan fingerprint density at radius 2 is 1.92 bits per heavy atom. The van der Waals surface area contributed by atoms with E-state index >= 15 is 0 Å². The summed E-state index contributed by atoms with van der Waals surface area (Å²) >= 11 is 0. The van der Waals surface area contributed by atoms with Crippen LogP contribution in [0.5, 0.6) is 5.75 Å². The van der Waals surface area contributed by atoms with Crippen molar-refractivity contribution < 1.29 is 14.6 Å². The summed E-state index contributed by atoms with van der Waals surface area (Å²) in [4.78, 5) is 19.3. The second-order valence-electron chi connectivity index (χ2n) is 9.14. The van der Waals surface area contributed by atoms with Gasteiger partial charge in [-0.25, -0.2) is 0 Å². The first-order valence-corrected chi connectivity index (χ1v) is 9.83. The summed E-state index contributed by atoms with van der Waals surface area (Å²) in [5, 5.41) is 9.86. The molecule has 26 heavy (non-hydrogen) atoms. The summed E-state index contributed by atoms with van der Waals surface area (Å²) in [6.07, 6.45) is 5.86. The van der Waals surface area contributed by atoms with Crippen molar-refractivity contribution in [2.75, 3.05) is 20.2 Å². The van der Waals surface area contributed by atoms with Gasteiger partial charge in [0.05, 0.1) is 12.7 Å². The van der Waals surface area contributed by atoms with Gasteiger partial charge in [-0.05, 0) is 52.4 Å². The number of nitrogens with zero attached hydrogens (tertiary/aromatic N) is 2. The van der Waals surface area contributed by atoms with E-state index in [1.54, 1.807) is 7.11 Å². The van der Waals surface area contributed by atoms with Crippen LogP contribution < -0.4 is 4.74 Å². The fraction of sp³-hybridized carbons (Fsp3) is 0.714. The third-order valence-corrected chi connectivity index (χ3v) is 6.73. The summed E-state index contributed by atoms with van der Waals surface area (Å²) in [7, 11) is 1.70. The lowest BCUT2D eigenvalue weighted by Gasteiger charge is -2.55. The average Bonchev–Trinajstić information content (AvgIpc) is 2.56. The molecule has 1 N–H and O–H groups in total. The summed E-state index contributed by atoms with van der Waals surface area (Å²) in [5.41, 5.74) is 1.87. The number of ether oxygens (including phenoxy) is 1. The number of aromatic nitrogens is 1. The van der Waals surface area contributed by atoms with Gasteiger partial charge in [-0.1, -0.05) is 0 Å². The normalized spacial score (nSPS) is 30.6. The van der Waals surface area contributed by atoms with Crippen LogP contribution in [0.25, 0.3) is 0 Å². The van der Waals surface area contributed by atoms with E-state index in [2.05, 4.69) is 6.07 Å². The first-order chi connectivity index (χ1) is 12.3. The number of aliphatic hydroxyl groups is 1. The van der Waals surface area contributed by atoms with Crippen molar-refractivity contribution in [3.8, 4) is 5.75 Å². The van der Waals surface area contributed by atoms with E-state index < -0.39 is 5.60 Å². The lowest BCUT2D eigenvalue weighted by molar-refractivity contribution is -0.163. The first kappa shape index (κ1) is 17.8. The highest BCUT2D eigenvalue weighted by Gasteiger charge is 2.51. The molecule has 1 aliphatic heterocycles.